The van der Waals surface area contributed by atoms with Gasteiger partial charge in [-0.25, -0.2) is 4.98 Å². The number of hydrogen-bond acceptors (Lipinski definition) is 4. The molecule has 144 valence electrons. The summed E-state index contributed by atoms with van der Waals surface area (Å²) in [6.45, 7) is 7.47. The lowest BCUT2D eigenvalue weighted by molar-refractivity contribution is -0.141. The van der Waals surface area contributed by atoms with Crippen LogP contribution in [0, 0.1) is 0 Å². The van der Waals surface area contributed by atoms with Gasteiger partial charge in [0, 0.05) is 5.46 Å². The van der Waals surface area contributed by atoms with Gasteiger partial charge in [-0.15, -0.1) is 0 Å². The van der Waals surface area contributed by atoms with Crippen LogP contribution in [0.4, 0.5) is 24.7 Å². The highest BCUT2D eigenvalue weighted by Gasteiger charge is 2.52. The summed E-state index contributed by atoms with van der Waals surface area (Å²) >= 11 is 6.13. The molecule has 1 saturated heterocycles. The van der Waals surface area contributed by atoms with Gasteiger partial charge in [0.15, 0.2) is 0 Å². The quantitative estimate of drug-likeness (QED) is 0.755. The predicted molar refractivity (Wildman–Crippen MR) is 99.7 cm³/mol. The van der Waals surface area contributed by atoms with Crippen molar-refractivity contribution in [1.82, 2.24) is 4.98 Å². The second kappa shape index (κ2) is 6.69. The van der Waals surface area contributed by atoms with Gasteiger partial charge in [-0.1, -0.05) is 29.8 Å². The van der Waals surface area contributed by atoms with Gasteiger partial charge in [0.05, 0.1) is 21.9 Å². The van der Waals surface area contributed by atoms with Gasteiger partial charge in [-0.2, -0.15) is 13.2 Å². The first kappa shape index (κ1) is 20.0. The van der Waals surface area contributed by atoms with E-state index < -0.39 is 30.2 Å². The maximum Gasteiger partial charge on any atom is 0.498 e. The largest absolute Gasteiger partial charge is 0.498 e. The molecule has 9 heteroatoms. The normalized spacial score (nSPS) is 18.6. The third-order valence-corrected chi connectivity index (χ3v) is 5.18. The molecule has 1 aromatic carbocycles. The van der Waals surface area contributed by atoms with Crippen molar-refractivity contribution in [3.8, 4) is 0 Å². The number of nitrogens with one attached hydrogen (secondary N) is 1. The van der Waals surface area contributed by atoms with E-state index in [-0.39, 0.29) is 5.82 Å². The summed E-state index contributed by atoms with van der Waals surface area (Å²) in [6, 6.07) is 8.96. The zero-order valence-electron chi connectivity index (χ0n) is 15.3. The molecule has 0 saturated carbocycles. The second-order valence-corrected chi connectivity index (χ2v) is 7.73. The molecule has 2 heterocycles. The van der Waals surface area contributed by atoms with Crippen LogP contribution in [0.15, 0.2) is 36.4 Å². The molecule has 1 fully saturated rings. The van der Waals surface area contributed by atoms with Crippen molar-refractivity contribution in [3.63, 3.8) is 0 Å². The molecule has 4 nitrogen and oxygen atoms in total. The number of para-hydroxylation sites is 1. The average Bonchev–Trinajstić information content (AvgIpc) is 2.76. The first-order valence-corrected chi connectivity index (χ1v) is 8.74. The van der Waals surface area contributed by atoms with Crippen LogP contribution in [0.5, 0.6) is 0 Å². The lowest BCUT2D eigenvalue weighted by Gasteiger charge is -2.32. The smallest absolute Gasteiger partial charge is 0.399 e. The second-order valence-electron chi connectivity index (χ2n) is 7.33. The van der Waals surface area contributed by atoms with E-state index in [1.165, 1.54) is 6.07 Å². The Balaban J connectivity index is 2.05. The molecule has 0 bridgehead atoms. The van der Waals surface area contributed by atoms with Crippen LogP contribution in [0.1, 0.15) is 33.4 Å². The maximum atomic E-state index is 13.2. The van der Waals surface area contributed by atoms with E-state index in [4.69, 9.17) is 20.9 Å². The first-order chi connectivity index (χ1) is 12.4. The van der Waals surface area contributed by atoms with Crippen molar-refractivity contribution in [3.05, 3.63) is 47.1 Å². The van der Waals surface area contributed by atoms with Crippen LogP contribution < -0.4 is 10.8 Å². The lowest BCUT2D eigenvalue weighted by atomic mass is 9.79. The first-order valence-electron chi connectivity index (χ1n) is 8.36. The van der Waals surface area contributed by atoms with Crippen LogP contribution in [-0.2, 0) is 15.5 Å². The summed E-state index contributed by atoms with van der Waals surface area (Å²) in [7, 11) is -0.866. The summed E-state index contributed by atoms with van der Waals surface area (Å²) in [4.78, 5) is 3.77. The molecule has 0 atom stereocenters. The molecule has 1 N–H and O–H groups in total. The van der Waals surface area contributed by atoms with Gasteiger partial charge < -0.3 is 14.6 Å². The van der Waals surface area contributed by atoms with Crippen molar-refractivity contribution in [2.45, 2.75) is 45.1 Å². The Morgan fingerprint density at radius 3 is 2.15 bits per heavy atom. The molecule has 1 aliphatic rings. The highest BCUT2D eigenvalue weighted by molar-refractivity contribution is 6.63. The Labute approximate surface area is 161 Å². The number of nitrogens with zero attached hydrogens (tertiary/aromatic N) is 1. The third-order valence-electron chi connectivity index (χ3n) is 4.85. The molecular weight excluding hydrogens is 379 g/mol. The molecule has 0 radical (unpaired) electrons. The number of rotatable bonds is 3. The summed E-state index contributed by atoms with van der Waals surface area (Å²) in [6.07, 6.45) is -4.58. The monoisotopic (exact) mass is 398 g/mol. The lowest BCUT2D eigenvalue weighted by Crippen LogP contribution is -2.41. The van der Waals surface area contributed by atoms with E-state index in [1.807, 2.05) is 27.7 Å². The SMILES string of the molecule is CC1(C)OB(c2ccc(C(F)(F)F)nc2Nc2ccccc2Cl)OC1(C)C. The highest BCUT2D eigenvalue weighted by atomic mass is 35.5. The van der Waals surface area contributed by atoms with Gasteiger partial charge in [-0.05, 0) is 45.9 Å². The Morgan fingerprint density at radius 2 is 1.59 bits per heavy atom. The number of anilines is 2. The zero-order chi connectivity index (χ0) is 20.0. The summed E-state index contributed by atoms with van der Waals surface area (Å²) in [5, 5.41) is 3.24. The van der Waals surface area contributed by atoms with Gasteiger partial charge >= 0.3 is 13.3 Å². The molecule has 3 rings (SSSR count). The van der Waals surface area contributed by atoms with E-state index in [0.29, 0.717) is 16.2 Å². The van der Waals surface area contributed by atoms with Crippen molar-refractivity contribution >= 4 is 35.7 Å². The van der Waals surface area contributed by atoms with Crippen molar-refractivity contribution < 1.29 is 22.5 Å². The standard InChI is InChI=1S/C18H19BClF3N2O2/c1-16(2)17(3,4)27-19(26-16)11-9-10-14(18(21,22)23)25-15(11)24-13-8-6-5-7-12(13)20/h5-10H,1-4H3,(H,24,25). The minimum atomic E-state index is -4.58. The van der Waals surface area contributed by atoms with Crippen LogP contribution in [0.3, 0.4) is 0 Å². The average molecular weight is 399 g/mol. The van der Waals surface area contributed by atoms with Crippen molar-refractivity contribution in [2.75, 3.05) is 5.32 Å². The van der Waals surface area contributed by atoms with Gasteiger partial charge in [-0.3, -0.25) is 0 Å². The van der Waals surface area contributed by atoms with Crippen LogP contribution in [0.2, 0.25) is 5.02 Å². The fraction of sp³-hybridized carbons (Fsp3) is 0.389. The van der Waals surface area contributed by atoms with Gasteiger partial charge in [0.1, 0.15) is 11.5 Å². The number of benzene rings is 1. The fourth-order valence-corrected chi connectivity index (χ4v) is 2.76. The third kappa shape index (κ3) is 3.93. The Bertz CT molecular complexity index is 843. The topological polar surface area (TPSA) is 43.4 Å². The van der Waals surface area contributed by atoms with Gasteiger partial charge in [0.25, 0.3) is 0 Å². The molecule has 0 amide bonds. The molecule has 0 spiro atoms. The molecule has 0 aliphatic carbocycles. The maximum absolute atomic E-state index is 13.2. The van der Waals surface area contributed by atoms with Crippen molar-refractivity contribution in [2.24, 2.45) is 0 Å². The van der Waals surface area contributed by atoms with E-state index in [1.54, 1.807) is 24.3 Å². The number of aromatic nitrogens is 1. The van der Waals surface area contributed by atoms with E-state index in [2.05, 4.69) is 10.3 Å². The minimum Gasteiger partial charge on any atom is -0.399 e. The summed E-state index contributed by atoms with van der Waals surface area (Å²) in [5.41, 5.74) is -1.49. The van der Waals surface area contributed by atoms with Crippen LogP contribution >= 0.6 is 11.6 Å². The number of hydrogen-bond donors (Lipinski definition) is 1. The van der Waals surface area contributed by atoms with Gasteiger partial charge in [0.2, 0.25) is 0 Å². The van der Waals surface area contributed by atoms with Crippen LogP contribution in [-0.4, -0.2) is 23.3 Å². The molecular formula is C18H19BClF3N2O2. The zero-order valence-corrected chi connectivity index (χ0v) is 16.1. The fourth-order valence-electron chi connectivity index (χ4n) is 2.58. The Morgan fingerprint density at radius 1 is 1.00 bits per heavy atom. The number of pyridine rings is 1. The minimum absolute atomic E-state index is 0.0172. The summed E-state index contributed by atoms with van der Waals surface area (Å²) in [5.74, 6) is -0.0172. The Hall–Kier alpha value is -1.77. The molecule has 1 aromatic heterocycles. The summed E-state index contributed by atoms with van der Waals surface area (Å²) < 4.78 is 51.4. The van der Waals surface area contributed by atoms with E-state index in [0.717, 1.165) is 6.07 Å². The number of alkyl halides is 3. The molecule has 2 aromatic rings. The van der Waals surface area contributed by atoms with Crippen LogP contribution in [0.25, 0.3) is 0 Å². The van der Waals surface area contributed by atoms with Crippen molar-refractivity contribution in [1.29, 1.82) is 0 Å². The van der Waals surface area contributed by atoms with E-state index in [9.17, 15) is 13.2 Å². The molecule has 0 unspecified atom stereocenters. The highest BCUT2D eigenvalue weighted by Crippen LogP contribution is 2.37. The molecule has 27 heavy (non-hydrogen) atoms. The van der Waals surface area contributed by atoms with E-state index >= 15 is 0 Å². The predicted octanol–water partition coefficient (Wildman–Crippen LogP) is 4.80. The molecule has 1 aliphatic heterocycles. The number of halogens is 4. The Kier molecular flexibility index (Phi) is 4.95.